The van der Waals surface area contributed by atoms with E-state index < -0.39 is 42.0 Å². The third-order valence-electron chi connectivity index (χ3n) is 5.99. The average molecular weight is 346 g/mol. The number of aliphatic hydroxyl groups excluding tert-OH is 5. The van der Waals surface area contributed by atoms with Gasteiger partial charge in [0.1, 0.15) is 0 Å². The molecule has 6 nitrogen and oxygen atoms in total. The first-order chi connectivity index (χ1) is 11.3. The third-order valence-corrected chi connectivity index (χ3v) is 5.99. The van der Waals surface area contributed by atoms with Crippen LogP contribution in [0.15, 0.2) is 0 Å². The summed E-state index contributed by atoms with van der Waals surface area (Å²) in [7, 11) is 0. The Labute approximate surface area is 144 Å². The molecule has 2 aliphatic carbocycles. The van der Waals surface area contributed by atoms with E-state index in [2.05, 4.69) is 0 Å². The molecule has 24 heavy (non-hydrogen) atoms. The standard InChI is InChI=1S/C16H28O6.C2H6/c1-16(3-2-10(18)13(21)7-16)15-12(20)6-9-11(19)4-8(17)5-14(9)22-15;1-2/h8-15,17-21H,2-7H2,1H3;1-2H3/t8?,9?,10?,11?,12-,13?,14?,15+,16-;/m1./s1. The highest BCUT2D eigenvalue weighted by Crippen LogP contribution is 2.47. The van der Waals surface area contributed by atoms with Crippen LogP contribution >= 0.6 is 0 Å². The quantitative estimate of drug-likeness (QED) is 0.475. The van der Waals surface area contributed by atoms with Gasteiger partial charge in [-0.1, -0.05) is 20.8 Å². The van der Waals surface area contributed by atoms with Crippen molar-refractivity contribution in [3.63, 3.8) is 0 Å². The number of rotatable bonds is 1. The Hall–Kier alpha value is -0.240. The average Bonchev–Trinajstić information content (AvgIpc) is 2.53. The van der Waals surface area contributed by atoms with E-state index in [1.807, 2.05) is 20.8 Å². The van der Waals surface area contributed by atoms with Gasteiger partial charge in [0.25, 0.3) is 0 Å². The van der Waals surface area contributed by atoms with Gasteiger partial charge in [-0.15, -0.1) is 0 Å². The number of aliphatic hydroxyl groups is 5. The van der Waals surface area contributed by atoms with Crippen molar-refractivity contribution < 1.29 is 30.3 Å². The lowest BCUT2D eigenvalue weighted by Gasteiger charge is -2.52. The molecule has 9 atom stereocenters. The summed E-state index contributed by atoms with van der Waals surface area (Å²) in [4.78, 5) is 0. The zero-order valence-corrected chi connectivity index (χ0v) is 15.0. The minimum atomic E-state index is -0.796. The number of hydrogen-bond acceptors (Lipinski definition) is 6. The molecule has 6 unspecified atom stereocenters. The van der Waals surface area contributed by atoms with Crippen LogP contribution in [0, 0.1) is 11.3 Å². The van der Waals surface area contributed by atoms with Crippen LogP contribution in [0.5, 0.6) is 0 Å². The normalized spacial score (nSPS) is 52.0. The van der Waals surface area contributed by atoms with E-state index in [0.717, 1.165) is 0 Å². The summed E-state index contributed by atoms with van der Waals surface area (Å²) < 4.78 is 6.11. The predicted molar refractivity (Wildman–Crippen MR) is 89.3 cm³/mol. The fraction of sp³-hybridized carbons (Fsp3) is 1.00. The van der Waals surface area contributed by atoms with Gasteiger partial charge >= 0.3 is 0 Å². The third kappa shape index (κ3) is 3.94. The first kappa shape index (κ1) is 20.1. The van der Waals surface area contributed by atoms with Gasteiger partial charge in [0.2, 0.25) is 0 Å². The number of ether oxygens (including phenoxy) is 1. The predicted octanol–water partition coefficient (Wildman–Crippen LogP) is 0.575. The Balaban J connectivity index is 0.00000100. The van der Waals surface area contributed by atoms with Crippen molar-refractivity contribution >= 4 is 0 Å². The van der Waals surface area contributed by atoms with Crippen molar-refractivity contribution in [1.29, 1.82) is 0 Å². The van der Waals surface area contributed by atoms with Gasteiger partial charge in [-0.25, -0.2) is 0 Å². The van der Waals surface area contributed by atoms with Crippen LogP contribution in [-0.2, 0) is 4.74 Å². The molecule has 1 heterocycles. The Morgan fingerprint density at radius 3 is 2.12 bits per heavy atom. The Kier molecular flexibility index (Phi) is 6.67. The van der Waals surface area contributed by atoms with E-state index >= 15 is 0 Å². The molecule has 1 saturated heterocycles. The molecule has 3 aliphatic rings. The molecule has 0 bridgehead atoms. The van der Waals surface area contributed by atoms with Crippen LogP contribution in [0.1, 0.15) is 59.3 Å². The fourth-order valence-corrected chi connectivity index (χ4v) is 4.66. The lowest BCUT2D eigenvalue weighted by molar-refractivity contribution is -0.235. The molecular weight excluding hydrogens is 312 g/mol. The lowest BCUT2D eigenvalue weighted by Crippen LogP contribution is -2.58. The molecule has 0 radical (unpaired) electrons. The second kappa shape index (κ2) is 7.98. The first-order valence-electron chi connectivity index (χ1n) is 9.36. The second-order valence-electron chi connectivity index (χ2n) is 7.79. The Morgan fingerprint density at radius 2 is 1.50 bits per heavy atom. The van der Waals surface area contributed by atoms with E-state index in [1.54, 1.807) is 0 Å². The van der Waals surface area contributed by atoms with Crippen molar-refractivity contribution in [1.82, 2.24) is 0 Å². The largest absolute Gasteiger partial charge is 0.393 e. The summed E-state index contributed by atoms with van der Waals surface area (Å²) in [5, 5.41) is 50.2. The van der Waals surface area contributed by atoms with E-state index in [4.69, 9.17) is 4.74 Å². The maximum absolute atomic E-state index is 10.5. The highest BCUT2D eigenvalue weighted by molar-refractivity contribution is 5.01. The molecular formula is C18H34O6. The zero-order valence-electron chi connectivity index (χ0n) is 15.0. The second-order valence-corrected chi connectivity index (χ2v) is 7.79. The monoisotopic (exact) mass is 346 g/mol. The highest BCUT2D eigenvalue weighted by atomic mass is 16.5. The molecule has 0 aromatic heterocycles. The molecule has 0 spiro atoms. The maximum atomic E-state index is 10.5. The van der Waals surface area contributed by atoms with E-state index in [9.17, 15) is 25.5 Å². The number of fused-ring (bicyclic) bond motifs is 1. The summed E-state index contributed by atoms with van der Waals surface area (Å²) >= 11 is 0. The minimum Gasteiger partial charge on any atom is -0.393 e. The number of hydrogen-bond donors (Lipinski definition) is 5. The van der Waals surface area contributed by atoms with Crippen molar-refractivity contribution in [2.24, 2.45) is 11.3 Å². The van der Waals surface area contributed by atoms with Crippen LogP contribution in [0.4, 0.5) is 0 Å². The molecule has 1 aliphatic heterocycles. The van der Waals surface area contributed by atoms with Crippen LogP contribution in [0.3, 0.4) is 0 Å². The van der Waals surface area contributed by atoms with Gasteiger partial charge in [-0.3, -0.25) is 0 Å². The van der Waals surface area contributed by atoms with Gasteiger partial charge in [0.15, 0.2) is 0 Å². The van der Waals surface area contributed by atoms with Crippen molar-refractivity contribution in [3.05, 3.63) is 0 Å². The summed E-state index contributed by atoms with van der Waals surface area (Å²) in [6, 6.07) is 0. The Morgan fingerprint density at radius 1 is 0.833 bits per heavy atom. The molecule has 0 amide bonds. The first-order valence-corrected chi connectivity index (χ1v) is 9.36. The molecule has 3 rings (SSSR count). The summed E-state index contributed by atoms with van der Waals surface area (Å²) in [6.07, 6.45) is -1.28. The fourth-order valence-electron chi connectivity index (χ4n) is 4.66. The molecule has 2 saturated carbocycles. The summed E-state index contributed by atoms with van der Waals surface area (Å²) in [5.41, 5.74) is -0.406. The molecule has 142 valence electrons. The van der Waals surface area contributed by atoms with Crippen molar-refractivity contribution in [2.75, 3.05) is 0 Å². The van der Waals surface area contributed by atoms with Crippen LogP contribution in [0.25, 0.3) is 0 Å². The molecule has 0 aromatic rings. The van der Waals surface area contributed by atoms with Crippen molar-refractivity contribution in [3.8, 4) is 0 Å². The minimum absolute atomic E-state index is 0.141. The topological polar surface area (TPSA) is 110 Å². The van der Waals surface area contributed by atoms with Gasteiger partial charge < -0.3 is 30.3 Å². The Bertz CT molecular complexity index is 405. The molecule has 0 aromatic carbocycles. The summed E-state index contributed by atoms with van der Waals surface area (Å²) in [6.45, 7) is 5.98. The van der Waals surface area contributed by atoms with E-state index in [-0.39, 0.29) is 12.0 Å². The van der Waals surface area contributed by atoms with Gasteiger partial charge in [-0.05, 0) is 43.9 Å². The van der Waals surface area contributed by atoms with Gasteiger partial charge in [0.05, 0.1) is 42.7 Å². The maximum Gasteiger partial charge on any atom is 0.0892 e. The molecule has 5 N–H and O–H groups in total. The van der Waals surface area contributed by atoms with Crippen LogP contribution in [0.2, 0.25) is 0 Å². The molecule has 3 fully saturated rings. The van der Waals surface area contributed by atoms with Gasteiger partial charge in [-0.2, -0.15) is 0 Å². The van der Waals surface area contributed by atoms with Gasteiger partial charge in [0, 0.05) is 5.92 Å². The lowest BCUT2D eigenvalue weighted by atomic mass is 9.65. The highest BCUT2D eigenvalue weighted by Gasteiger charge is 2.52. The zero-order chi connectivity index (χ0) is 18.1. The molecule has 6 heteroatoms. The van der Waals surface area contributed by atoms with Crippen LogP contribution < -0.4 is 0 Å². The summed E-state index contributed by atoms with van der Waals surface area (Å²) in [5.74, 6) is -0.141. The smallest absolute Gasteiger partial charge is 0.0892 e. The SMILES string of the molecule is CC.C[C@@]1([C@H]2OC3CC(O)CC(O)C3C[C@H]2O)CCC(O)C(O)C1. The van der Waals surface area contributed by atoms with E-state index in [1.165, 1.54) is 0 Å². The van der Waals surface area contributed by atoms with Crippen LogP contribution in [-0.4, -0.2) is 68.3 Å². The van der Waals surface area contributed by atoms with E-state index in [0.29, 0.717) is 38.5 Å². The van der Waals surface area contributed by atoms with Crippen molar-refractivity contribution in [2.45, 2.75) is 102 Å².